The smallest absolute Gasteiger partial charge is 0.241 e. The van der Waals surface area contributed by atoms with Crippen LogP contribution in [0.1, 0.15) is 53.4 Å². The molecule has 0 aromatic heterocycles. The van der Waals surface area contributed by atoms with Crippen molar-refractivity contribution in [3.63, 3.8) is 0 Å². The number of benzene rings is 2. The van der Waals surface area contributed by atoms with Gasteiger partial charge in [0.25, 0.3) is 0 Å². The molecule has 0 radical (unpaired) electrons. The lowest BCUT2D eigenvalue weighted by atomic mass is 9.71. The van der Waals surface area contributed by atoms with E-state index in [0.717, 1.165) is 12.2 Å². The van der Waals surface area contributed by atoms with Gasteiger partial charge in [-0.15, -0.1) is 0 Å². The lowest BCUT2D eigenvalue weighted by Crippen LogP contribution is -2.31. The zero-order valence-electron chi connectivity index (χ0n) is 17.7. The molecule has 9 heteroatoms. The number of rotatable bonds is 6. The van der Waals surface area contributed by atoms with Gasteiger partial charge >= 0.3 is 0 Å². The lowest BCUT2D eigenvalue weighted by molar-refractivity contribution is -0.114. The molecule has 2 atom stereocenters. The second-order valence-corrected chi connectivity index (χ2v) is 8.05. The molecule has 0 unspecified atom stereocenters. The van der Waals surface area contributed by atoms with Crippen molar-refractivity contribution in [2.75, 3.05) is 0 Å². The van der Waals surface area contributed by atoms with E-state index < -0.39 is 29.8 Å². The molecule has 2 aromatic carbocycles. The molecule has 0 heterocycles. The van der Waals surface area contributed by atoms with Crippen molar-refractivity contribution < 1.29 is 35.1 Å². The van der Waals surface area contributed by atoms with Gasteiger partial charge in [-0.25, -0.2) is 0 Å². The first-order valence-corrected chi connectivity index (χ1v) is 10.3. The van der Waals surface area contributed by atoms with E-state index in [0.29, 0.717) is 41.5 Å². The topological polar surface area (TPSA) is 187 Å². The number of phenolic OH excluding ortho intramolecular Hbond substituents is 4. The third-order valence-electron chi connectivity index (χ3n) is 5.87. The molecule has 0 saturated heterocycles. The Hall–Kier alpha value is -3.98. The van der Waals surface area contributed by atoms with Gasteiger partial charge in [0.15, 0.2) is 23.0 Å². The van der Waals surface area contributed by atoms with Crippen molar-refractivity contribution >= 4 is 24.0 Å². The Balaban J connectivity index is 2.07. The molecule has 9 N–H and O–H groups in total. The largest absolute Gasteiger partial charge is 0.504 e. The molecular formula is C24H26N2O7. The summed E-state index contributed by atoms with van der Waals surface area (Å²) in [6, 6.07) is 5.25. The van der Waals surface area contributed by atoms with Gasteiger partial charge in [0.05, 0.1) is 6.10 Å². The number of aromatic hydroxyl groups is 4. The molecule has 0 aliphatic heterocycles. The van der Waals surface area contributed by atoms with Crippen molar-refractivity contribution in [1.82, 2.24) is 0 Å². The van der Waals surface area contributed by atoms with Crippen LogP contribution < -0.4 is 11.5 Å². The predicted molar refractivity (Wildman–Crippen MR) is 121 cm³/mol. The van der Waals surface area contributed by atoms with E-state index in [4.69, 9.17) is 11.5 Å². The minimum atomic E-state index is -0.993. The number of carbonyl (C=O) groups excluding carboxylic acids is 2. The van der Waals surface area contributed by atoms with E-state index in [2.05, 4.69) is 0 Å². The number of amides is 2. The summed E-state index contributed by atoms with van der Waals surface area (Å²) in [7, 11) is 0. The normalized spacial score (nSPS) is 19.3. The van der Waals surface area contributed by atoms with E-state index in [-0.39, 0.29) is 23.0 Å². The quantitative estimate of drug-likeness (QED) is 0.256. The minimum absolute atomic E-state index is 0.372. The number of carbonyl (C=O) groups is 2. The fourth-order valence-corrected chi connectivity index (χ4v) is 4.35. The highest BCUT2D eigenvalue weighted by molar-refractivity contribution is 5.91. The van der Waals surface area contributed by atoms with Gasteiger partial charge in [-0.05, 0) is 71.5 Å². The average Bonchev–Trinajstić information content (AvgIpc) is 2.75. The Morgan fingerprint density at radius 3 is 1.45 bits per heavy atom. The highest BCUT2D eigenvalue weighted by Gasteiger charge is 2.36. The van der Waals surface area contributed by atoms with Crippen LogP contribution in [0.3, 0.4) is 0 Å². The molecule has 1 aliphatic carbocycles. The van der Waals surface area contributed by atoms with E-state index >= 15 is 0 Å². The Bertz CT molecular complexity index is 1050. The van der Waals surface area contributed by atoms with Crippen LogP contribution in [0.4, 0.5) is 0 Å². The van der Waals surface area contributed by atoms with Crippen LogP contribution in [-0.4, -0.2) is 43.5 Å². The number of hydrogen-bond acceptors (Lipinski definition) is 7. The van der Waals surface area contributed by atoms with Gasteiger partial charge in [0.1, 0.15) is 0 Å². The van der Waals surface area contributed by atoms with Crippen molar-refractivity contribution in [2.45, 2.75) is 37.2 Å². The van der Waals surface area contributed by atoms with Crippen LogP contribution in [-0.2, 0) is 9.59 Å². The number of hydrogen-bond donors (Lipinski definition) is 7. The SMILES string of the molecule is NC(=O)/C=C/c1cc(O)c(O)cc1[C@@H]1CCC[C@@H](c2cc(O)c(O)cc2/C=C/C(N)=O)C1O. The number of phenols is 4. The molecule has 1 aliphatic rings. The number of nitrogens with two attached hydrogens (primary N) is 2. The Kier molecular flexibility index (Phi) is 6.93. The first-order valence-electron chi connectivity index (χ1n) is 10.3. The van der Waals surface area contributed by atoms with Gasteiger partial charge in [0.2, 0.25) is 11.8 Å². The molecule has 33 heavy (non-hydrogen) atoms. The van der Waals surface area contributed by atoms with Crippen molar-refractivity contribution in [2.24, 2.45) is 11.5 Å². The van der Waals surface area contributed by atoms with Crippen LogP contribution in [0.15, 0.2) is 36.4 Å². The monoisotopic (exact) mass is 454 g/mol. The summed E-state index contributed by atoms with van der Waals surface area (Å²) in [6.45, 7) is 0. The Labute approximate surface area is 189 Å². The Morgan fingerprint density at radius 1 is 0.727 bits per heavy atom. The van der Waals surface area contributed by atoms with Crippen LogP contribution in [0, 0.1) is 0 Å². The molecule has 174 valence electrons. The fourth-order valence-electron chi connectivity index (χ4n) is 4.35. The first kappa shape index (κ1) is 23.7. The molecule has 1 fully saturated rings. The summed E-state index contributed by atoms with van der Waals surface area (Å²) >= 11 is 0. The number of aliphatic hydroxyl groups is 1. The highest BCUT2D eigenvalue weighted by Crippen LogP contribution is 2.47. The molecule has 0 bridgehead atoms. The average molecular weight is 454 g/mol. The second kappa shape index (κ2) is 9.66. The van der Waals surface area contributed by atoms with E-state index in [1.165, 1.54) is 36.4 Å². The van der Waals surface area contributed by atoms with Crippen LogP contribution >= 0.6 is 0 Å². The maximum atomic E-state index is 11.3. The van der Waals surface area contributed by atoms with Crippen molar-refractivity contribution in [3.05, 3.63) is 58.7 Å². The van der Waals surface area contributed by atoms with E-state index in [1.54, 1.807) is 0 Å². The number of primary amides is 2. The summed E-state index contributed by atoms with van der Waals surface area (Å²) in [5.41, 5.74) is 12.2. The van der Waals surface area contributed by atoms with Gasteiger partial charge in [-0.3, -0.25) is 9.59 Å². The standard InChI is InChI=1S/C24H26N2O7/c25-22(31)6-4-12-8-18(27)20(29)10-16(12)14-2-1-3-15(24(14)33)17-11-21(30)19(28)9-13(17)5-7-23(26)32/h4-11,14-15,24,27-30,33H,1-3H2,(H2,25,31)(H2,26,32)/b6-4+,7-5+/t14-,15-/m0/s1. The molecule has 3 rings (SSSR count). The third-order valence-corrected chi connectivity index (χ3v) is 5.87. The predicted octanol–water partition coefficient (Wildman–Crippen LogP) is 1.92. The maximum Gasteiger partial charge on any atom is 0.241 e. The summed E-state index contributed by atoms with van der Waals surface area (Å²) in [5.74, 6) is -3.88. The number of aliphatic hydroxyl groups excluding tert-OH is 1. The summed E-state index contributed by atoms with van der Waals surface area (Å²) in [4.78, 5) is 22.4. The van der Waals surface area contributed by atoms with Crippen LogP contribution in [0.2, 0.25) is 0 Å². The zero-order chi connectivity index (χ0) is 24.3. The van der Waals surface area contributed by atoms with Crippen LogP contribution in [0.5, 0.6) is 23.0 Å². The lowest BCUT2D eigenvalue weighted by Gasteiger charge is -2.37. The third kappa shape index (κ3) is 5.27. The Morgan fingerprint density at radius 2 is 1.09 bits per heavy atom. The zero-order valence-corrected chi connectivity index (χ0v) is 17.7. The van der Waals surface area contributed by atoms with E-state index in [1.807, 2.05) is 0 Å². The summed E-state index contributed by atoms with van der Waals surface area (Å²) in [6.07, 6.45) is 5.83. The highest BCUT2D eigenvalue weighted by atomic mass is 16.3. The molecule has 0 spiro atoms. The minimum Gasteiger partial charge on any atom is -0.504 e. The molecule has 2 amide bonds. The van der Waals surface area contributed by atoms with Crippen molar-refractivity contribution in [1.29, 1.82) is 0 Å². The molecular weight excluding hydrogens is 428 g/mol. The van der Waals surface area contributed by atoms with Gasteiger partial charge < -0.3 is 37.0 Å². The van der Waals surface area contributed by atoms with Gasteiger partial charge in [-0.2, -0.15) is 0 Å². The van der Waals surface area contributed by atoms with Gasteiger partial charge in [-0.1, -0.05) is 6.42 Å². The maximum absolute atomic E-state index is 11.3. The van der Waals surface area contributed by atoms with E-state index in [9.17, 15) is 35.1 Å². The van der Waals surface area contributed by atoms with Crippen molar-refractivity contribution in [3.8, 4) is 23.0 Å². The second-order valence-electron chi connectivity index (χ2n) is 8.05. The molecule has 2 aromatic rings. The summed E-state index contributed by atoms with van der Waals surface area (Å²) in [5, 5.41) is 51.3. The summed E-state index contributed by atoms with van der Waals surface area (Å²) < 4.78 is 0. The van der Waals surface area contributed by atoms with Crippen LogP contribution in [0.25, 0.3) is 12.2 Å². The first-order chi connectivity index (χ1) is 15.6. The van der Waals surface area contributed by atoms with Gasteiger partial charge in [0, 0.05) is 24.0 Å². The molecule has 9 nitrogen and oxygen atoms in total. The fraction of sp³-hybridized carbons (Fsp3) is 0.250. The molecule has 1 saturated carbocycles.